The minimum Gasteiger partial charge on any atom is -0.478 e. The highest BCUT2D eigenvalue weighted by molar-refractivity contribution is 6.30. The van der Waals surface area contributed by atoms with Crippen LogP contribution >= 0.6 is 11.6 Å². The molecule has 1 aliphatic rings. The summed E-state index contributed by atoms with van der Waals surface area (Å²) in [6, 6.07) is 6.25. The van der Waals surface area contributed by atoms with E-state index in [4.69, 9.17) is 26.7 Å². The van der Waals surface area contributed by atoms with Gasteiger partial charge in [0.15, 0.2) is 0 Å². The highest BCUT2D eigenvalue weighted by Crippen LogP contribution is 2.26. The van der Waals surface area contributed by atoms with Crippen molar-refractivity contribution < 1.29 is 24.6 Å². The minimum atomic E-state index is -1.08. The standard InChI is InChI=1S/C16H15ClN4O5/c17-12-2-4-14(19-10-12)26-21(7-5-20(6-8-21)16(24)25)13-3-1-11(9-18-13)15(22)23/h1-4,9-10H,5-8H2,(H-,22,23,24,25)/p+1. The van der Waals surface area contributed by atoms with E-state index in [9.17, 15) is 9.59 Å². The first-order valence-electron chi connectivity index (χ1n) is 7.76. The molecule has 0 unspecified atom stereocenters. The van der Waals surface area contributed by atoms with E-state index >= 15 is 0 Å². The Morgan fingerprint density at radius 3 is 2.31 bits per heavy atom. The van der Waals surface area contributed by atoms with Crippen LogP contribution in [0, 0.1) is 0 Å². The number of carboxylic acid groups (broad SMARTS) is 2. The average Bonchev–Trinajstić information content (AvgIpc) is 2.64. The van der Waals surface area contributed by atoms with Gasteiger partial charge in [0.1, 0.15) is 13.1 Å². The molecular formula is C16H16ClN4O5+. The van der Waals surface area contributed by atoms with Gasteiger partial charge in [0.2, 0.25) is 0 Å². The summed E-state index contributed by atoms with van der Waals surface area (Å²) in [7, 11) is 0. The maximum absolute atomic E-state index is 11.2. The fourth-order valence-corrected chi connectivity index (χ4v) is 2.81. The zero-order valence-electron chi connectivity index (χ0n) is 13.6. The number of carbonyl (C=O) groups is 2. The molecule has 0 aliphatic carbocycles. The SMILES string of the molecule is O=C(O)c1ccc([N+]2(Oc3ccc(Cl)cn3)CCN(C(=O)O)CC2)nc1. The maximum atomic E-state index is 11.2. The van der Waals surface area contributed by atoms with Crippen LogP contribution < -0.4 is 9.48 Å². The van der Waals surface area contributed by atoms with Gasteiger partial charge in [-0.15, -0.1) is 0 Å². The molecule has 10 heteroatoms. The van der Waals surface area contributed by atoms with Crippen molar-refractivity contribution in [3.05, 3.63) is 47.2 Å². The lowest BCUT2D eigenvalue weighted by Crippen LogP contribution is -2.63. The third kappa shape index (κ3) is 3.68. The monoisotopic (exact) mass is 379 g/mol. The van der Waals surface area contributed by atoms with E-state index in [1.807, 2.05) is 0 Å². The maximum Gasteiger partial charge on any atom is 0.407 e. The van der Waals surface area contributed by atoms with E-state index in [1.54, 1.807) is 18.2 Å². The van der Waals surface area contributed by atoms with E-state index in [0.717, 1.165) is 0 Å². The predicted octanol–water partition coefficient (Wildman–Crippen LogP) is 2.12. The molecule has 2 N–H and O–H groups in total. The zero-order chi connectivity index (χ0) is 18.7. The Balaban J connectivity index is 1.92. The summed E-state index contributed by atoms with van der Waals surface area (Å²) >= 11 is 5.84. The van der Waals surface area contributed by atoms with Gasteiger partial charge in [0.25, 0.3) is 11.7 Å². The zero-order valence-corrected chi connectivity index (χ0v) is 14.3. The van der Waals surface area contributed by atoms with Crippen LogP contribution in [0.15, 0.2) is 36.7 Å². The van der Waals surface area contributed by atoms with E-state index in [1.165, 1.54) is 23.4 Å². The molecule has 2 aromatic heterocycles. The Bertz CT molecular complexity index is 804. The lowest BCUT2D eigenvalue weighted by Gasteiger charge is -2.39. The summed E-state index contributed by atoms with van der Waals surface area (Å²) < 4.78 is -0.0989. The van der Waals surface area contributed by atoms with Gasteiger partial charge in [-0.3, -0.25) is 9.74 Å². The number of amides is 1. The molecule has 0 atom stereocenters. The number of quaternary nitrogens is 1. The Morgan fingerprint density at radius 2 is 1.81 bits per heavy atom. The Hall–Kier alpha value is -2.91. The number of carboxylic acids is 1. The van der Waals surface area contributed by atoms with Crippen molar-refractivity contribution in [3.63, 3.8) is 0 Å². The molecule has 3 rings (SSSR count). The minimum absolute atomic E-state index is 0.0562. The third-order valence-electron chi connectivity index (χ3n) is 4.11. The molecule has 9 nitrogen and oxygen atoms in total. The van der Waals surface area contributed by atoms with E-state index in [-0.39, 0.29) is 23.3 Å². The Morgan fingerprint density at radius 1 is 1.08 bits per heavy atom. The second-order valence-corrected chi connectivity index (χ2v) is 6.16. The number of hydroxylamine groups is 2. The fraction of sp³-hybridized carbons (Fsp3) is 0.250. The number of hydrogen-bond acceptors (Lipinski definition) is 5. The largest absolute Gasteiger partial charge is 0.478 e. The van der Waals surface area contributed by atoms with Gasteiger partial charge in [-0.25, -0.2) is 19.6 Å². The van der Waals surface area contributed by atoms with Crippen LogP contribution in [0.5, 0.6) is 5.88 Å². The molecule has 0 bridgehead atoms. The molecule has 1 aliphatic heterocycles. The molecule has 2 aromatic rings. The smallest absolute Gasteiger partial charge is 0.407 e. The molecule has 26 heavy (non-hydrogen) atoms. The summed E-state index contributed by atoms with van der Waals surface area (Å²) in [6.45, 7) is 1.09. The Labute approximate surface area is 153 Å². The van der Waals surface area contributed by atoms with Crippen LogP contribution in [-0.4, -0.2) is 63.3 Å². The summed E-state index contributed by atoms with van der Waals surface area (Å²) in [5, 5.41) is 18.7. The van der Waals surface area contributed by atoms with E-state index in [2.05, 4.69) is 9.97 Å². The van der Waals surface area contributed by atoms with Gasteiger partial charge in [0.05, 0.1) is 23.7 Å². The first-order chi connectivity index (χ1) is 12.4. The summed E-state index contributed by atoms with van der Waals surface area (Å²) in [5.74, 6) is -0.300. The molecule has 0 aromatic carbocycles. The fourth-order valence-electron chi connectivity index (χ4n) is 2.70. The third-order valence-corrected chi connectivity index (χ3v) is 4.34. The van der Waals surface area contributed by atoms with Crippen molar-refractivity contribution in [2.45, 2.75) is 0 Å². The van der Waals surface area contributed by atoms with Gasteiger partial charge >= 0.3 is 12.1 Å². The van der Waals surface area contributed by atoms with E-state index < -0.39 is 12.1 Å². The number of hydrogen-bond donors (Lipinski definition) is 2. The molecule has 1 saturated heterocycles. The second kappa shape index (κ2) is 7.14. The van der Waals surface area contributed by atoms with Crippen molar-refractivity contribution in [2.75, 3.05) is 26.2 Å². The first-order valence-corrected chi connectivity index (χ1v) is 8.13. The molecule has 1 amide bonds. The summed E-state index contributed by atoms with van der Waals surface area (Å²) in [4.78, 5) is 37.9. The topological polar surface area (TPSA) is 113 Å². The second-order valence-electron chi connectivity index (χ2n) is 5.72. The summed E-state index contributed by atoms with van der Waals surface area (Å²) in [5.41, 5.74) is 0.0562. The van der Waals surface area contributed by atoms with Crippen molar-refractivity contribution in [3.8, 4) is 5.88 Å². The lowest BCUT2D eigenvalue weighted by atomic mass is 10.2. The quantitative estimate of drug-likeness (QED) is 0.782. The number of aromatic nitrogens is 2. The number of piperazine rings is 1. The lowest BCUT2D eigenvalue weighted by molar-refractivity contribution is -0.0810. The normalized spacial score (nSPS) is 16.1. The highest BCUT2D eigenvalue weighted by atomic mass is 35.5. The molecular weight excluding hydrogens is 364 g/mol. The average molecular weight is 380 g/mol. The van der Waals surface area contributed by atoms with Crippen LogP contribution in [0.3, 0.4) is 0 Å². The van der Waals surface area contributed by atoms with Gasteiger partial charge in [-0.1, -0.05) is 16.2 Å². The van der Waals surface area contributed by atoms with Gasteiger partial charge in [-0.2, -0.15) is 0 Å². The molecule has 0 saturated carbocycles. The molecule has 0 radical (unpaired) electrons. The van der Waals surface area contributed by atoms with Crippen LogP contribution in [0.25, 0.3) is 0 Å². The number of nitrogens with zero attached hydrogens (tertiary/aromatic N) is 4. The highest BCUT2D eigenvalue weighted by Gasteiger charge is 2.42. The molecule has 3 heterocycles. The number of pyridine rings is 2. The van der Waals surface area contributed by atoms with Crippen LogP contribution in [-0.2, 0) is 0 Å². The molecule has 136 valence electrons. The van der Waals surface area contributed by atoms with Gasteiger partial charge in [-0.05, 0) is 12.1 Å². The summed E-state index contributed by atoms with van der Waals surface area (Å²) in [6.07, 6.45) is 1.70. The van der Waals surface area contributed by atoms with Gasteiger partial charge < -0.3 is 10.2 Å². The van der Waals surface area contributed by atoms with Gasteiger partial charge in [0, 0.05) is 24.5 Å². The van der Waals surface area contributed by atoms with E-state index in [0.29, 0.717) is 29.8 Å². The first kappa shape index (κ1) is 17.9. The van der Waals surface area contributed by atoms with Crippen molar-refractivity contribution in [1.29, 1.82) is 0 Å². The van der Waals surface area contributed by atoms with Crippen molar-refractivity contribution in [1.82, 2.24) is 19.5 Å². The van der Waals surface area contributed by atoms with Crippen molar-refractivity contribution in [2.24, 2.45) is 0 Å². The van der Waals surface area contributed by atoms with Crippen LogP contribution in [0.4, 0.5) is 10.6 Å². The number of halogens is 1. The predicted molar refractivity (Wildman–Crippen MR) is 92.2 cm³/mol. The number of rotatable bonds is 4. The number of aromatic carboxylic acids is 1. The molecule has 1 fully saturated rings. The van der Waals surface area contributed by atoms with Crippen molar-refractivity contribution >= 4 is 29.5 Å². The van der Waals surface area contributed by atoms with Crippen LogP contribution in [0.1, 0.15) is 10.4 Å². The van der Waals surface area contributed by atoms with Crippen LogP contribution in [0.2, 0.25) is 5.02 Å². The molecule has 0 spiro atoms. The Kier molecular flexibility index (Phi) is 4.92.